The summed E-state index contributed by atoms with van der Waals surface area (Å²) in [5.41, 5.74) is 2.99. The highest BCUT2D eigenvalue weighted by molar-refractivity contribution is 7.80. The SMILES string of the molecule is CN(C)C(=O)Oc1cccc([N+](C)(C)C)c1.CN(C)C(=O)Oc1cccc([N+](C)(C)C)c1.CN1[C@@H]2CC[C@H]1CC(OC(=O)C(CO)c1ccccc1)C2.COS(=O)(=O)O.O.O=S(=O)([O-])[O-]. The summed E-state index contributed by atoms with van der Waals surface area (Å²) < 4.78 is 81.2. The molecule has 0 spiro atoms. The number of carbonyl (C=O) groups excluding carboxylic acids is 3. The Morgan fingerprint density at radius 1 is 0.738 bits per heavy atom. The Labute approximate surface area is 383 Å². The summed E-state index contributed by atoms with van der Waals surface area (Å²) in [6, 6.07) is 25.6. The van der Waals surface area contributed by atoms with Crippen molar-refractivity contribution in [1.82, 2.24) is 23.7 Å². The standard InChI is InChI=1S/C17H23NO3.2C12H19N2O2.CH4O4S.H2O4S.H2O/c1-18-13-7-8-14(18)10-15(9-13)21-17(20)16(11-19)12-5-3-2-4-6-12;2*1-13(2)12(15)16-11-8-6-7-10(9-11)14(3,4)5;1-5-6(2,3)4;1-5(2,3)4;/h2-6,13-16,19H,7-11H2,1H3;2*6-9H,1-5H3;1H3,(H,2,3,4);(H2,1,2,3,4);1H2/q;2*+1;;;/p-2/t13-,14+,15?,16?;;;;;. The van der Waals surface area contributed by atoms with Crippen LogP contribution in [0.2, 0.25) is 0 Å². The second-order valence-electron chi connectivity index (χ2n) is 16.8. The van der Waals surface area contributed by atoms with Crippen LogP contribution in [0.15, 0.2) is 78.9 Å². The Balaban J connectivity index is 0.000000849. The molecule has 0 saturated carbocycles. The minimum absolute atomic E-state index is 0. The number of fused-ring (bicyclic) bond motifs is 2. The van der Waals surface area contributed by atoms with Gasteiger partial charge in [-0.1, -0.05) is 42.5 Å². The molecule has 2 fully saturated rings. The van der Waals surface area contributed by atoms with Gasteiger partial charge in [-0.3, -0.25) is 30.9 Å². The summed E-state index contributed by atoms with van der Waals surface area (Å²) in [6.45, 7) is -0.206. The van der Waals surface area contributed by atoms with Gasteiger partial charge in [0, 0.05) is 62.8 Å². The second-order valence-corrected chi connectivity index (χ2v) is 18.8. The topological polar surface area (TPSA) is 284 Å². The van der Waals surface area contributed by atoms with Crippen molar-refractivity contribution in [2.75, 3.05) is 91.2 Å². The molecule has 2 heterocycles. The molecule has 4 atom stereocenters. The van der Waals surface area contributed by atoms with E-state index in [1.54, 1.807) is 40.3 Å². The molecule has 3 aromatic rings. The third kappa shape index (κ3) is 24.4. The van der Waals surface area contributed by atoms with Gasteiger partial charge in [0.2, 0.25) is 0 Å². The molecule has 2 amide bonds. The Morgan fingerprint density at radius 3 is 1.42 bits per heavy atom. The fraction of sp³-hybridized carbons (Fsp3) is 0.500. The van der Waals surface area contributed by atoms with E-state index in [2.05, 4.69) is 58.4 Å². The van der Waals surface area contributed by atoms with Gasteiger partial charge < -0.3 is 48.6 Å². The van der Waals surface area contributed by atoms with E-state index < -0.39 is 26.7 Å². The number of nitrogens with zero attached hydrogens (tertiary/aromatic N) is 5. The number of quaternary nitrogens is 2. The Bertz CT molecular complexity index is 2050. The van der Waals surface area contributed by atoms with Crippen LogP contribution < -0.4 is 18.4 Å². The van der Waals surface area contributed by atoms with Crippen LogP contribution in [0.3, 0.4) is 0 Å². The summed E-state index contributed by atoms with van der Waals surface area (Å²) in [4.78, 5) is 40.3. The van der Waals surface area contributed by atoms with E-state index in [4.69, 9.17) is 36.3 Å². The van der Waals surface area contributed by atoms with Crippen LogP contribution >= 0.6 is 0 Å². The quantitative estimate of drug-likeness (QED) is 0.135. The monoisotopic (exact) mass is 961 g/mol. The molecule has 2 aliphatic rings. The number of rotatable bonds is 9. The van der Waals surface area contributed by atoms with Crippen LogP contribution in [0.1, 0.15) is 37.2 Å². The molecule has 3 aromatic carbocycles. The van der Waals surface area contributed by atoms with Gasteiger partial charge in [-0.15, -0.1) is 0 Å². The molecule has 5 rings (SSSR count). The number of carbonyl (C=O) groups is 3. The molecular formula is C42H67N5O16S2. The number of aliphatic hydroxyl groups excluding tert-OH is 1. The molecule has 21 nitrogen and oxygen atoms in total. The van der Waals surface area contributed by atoms with E-state index in [9.17, 15) is 27.9 Å². The maximum Gasteiger partial charge on any atom is 0.414 e. The van der Waals surface area contributed by atoms with Crippen LogP contribution in [-0.4, -0.2) is 183 Å². The fourth-order valence-electron chi connectivity index (χ4n) is 6.02. The Hall–Kier alpha value is -4.79. The average molecular weight is 962 g/mol. The highest BCUT2D eigenvalue weighted by Crippen LogP contribution is 2.36. The van der Waals surface area contributed by atoms with Crippen molar-refractivity contribution >= 4 is 50.3 Å². The summed E-state index contributed by atoms with van der Waals surface area (Å²) in [5, 5.41) is 9.53. The van der Waals surface area contributed by atoms with Gasteiger partial charge in [-0.25, -0.2) is 9.59 Å². The van der Waals surface area contributed by atoms with Gasteiger partial charge >= 0.3 is 28.6 Å². The van der Waals surface area contributed by atoms with E-state index in [-0.39, 0.29) is 36.3 Å². The molecule has 2 saturated heterocycles. The van der Waals surface area contributed by atoms with E-state index in [0.29, 0.717) is 32.5 Å². The maximum atomic E-state index is 12.4. The second kappa shape index (κ2) is 27.0. The van der Waals surface area contributed by atoms with E-state index >= 15 is 0 Å². The van der Waals surface area contributed by atoms with Crippen molar-refractivity contribution in [2.24, 2.45) is 0 Å². The lowest BCUT2D eigenvalue weighted by atomic mass is 9.98. The number of piperidine rings is 1. The molecule has 0 aliphatic carbocycles. The number of hydrogen-bond donors (Lipinski definition) is 2. The Morgan fingerprint density at radius 2 is 1.11 bits per heavy atom. The summed E-state index contributed by atoms with van der Waals surface area (Å²) in [6.07, 6.45) is 3.53. The van der Waals surface area contributed by atoms with Gasteiger partial charge in [0.1, 0.15) is 34.9 Å². The van der Waals surface area contributed by atoms with Crippen LogP contribution in [0, 0.1) is 0 Å². The number of aliphatic hydroxyl groups is 1. The zero-order valence-electron chi connectivity index (χ0n) is 39.1. The lowest BCUT2D eigenvalue weighted by molar-refractivity contribution is -0.155. The molecule has 4 N–H and O–H groups in total. The molecule has 0 aromatic heterocycles. The van der Waals surface area contributed by atoms with Gasteiger partial charge in [-0.2, -0.15) is 8.42 Å². The molecule has 368 valence electrons. The van der Waals surface area contributed by atoms with E-state index in [0.717, 1.165) is 36.9 Å². The third-order valence-corrected chi connectivity index (χ3v) is 9.96. The van der Waals surface area contributed by atoms with Crippen LogP contribution in [0.25, 0.3) is 0 Å². The molecule has 0 radical (unpaired) electrons. The predicted molar refractivity (Wildman–Crippen MR) is 244 cm³/mol. The van der Waals surface area contributed by atoms with Gasteiger partial charge in [-0.05, 0) is 62.6 Å². The number of hydrogen-bond acceptors (Lipinski definition) is 15. The van der Waals surface area contributed by atoms with Crippen molar-refractivity contribution < 1.29 is 73.9 Å². The van der Waals surface area contributed by atoms with Crippen molar-refractivity contribution in [3.8, 4) is 11.5 Å². The van der Waals surface area contributed by atoms with Crippen molar-refractivity contribution in [3.05, 3.63) is 84.4 Å². The molecule has 23 heteroatoms. The van der Waals surface area contributed by atoms with Crippen LogP contribution in [0.4, 0.5) is 21.0 Å². The average Bonchev–Trinajstić information content (AvgIpc) is 3.37. The van der Waals surface area contributed by atoms with Crippen LogP contribution in [0.5, 0.6) is 11.5 Å². The number of amides is 2. The maximum absolute atomic E-state index is 12.4. The molecular weight excluding hydrogens is 895 g/mol. The first-order chi connectivity index (χ1) is 29.4. The summed E-state index contributed by atoms with van der Waals surface area (Å²) in [7, 11) is 12.7. The van der Waals surface area contributed by atoms with Gasteiger partial charge in [0.15, 0.2) is 0 Å². The first kappa shape index (κ1) is 60.2. The fourth-order valence-corrected chi connectivity index (χ4v) is 6.02. The lowest BCUT2D eigenvalue weighted by Crippen LogP contribution is -2.43. The van der Waals surface area contributed by atoms with Crippen molar-refractivity contribution in [2.45, 2.75) is 49.8 Å². The lowest BCUT2D eigenvalue weighted by Gasteiger charge is -2.36. The first-order valence-corrected chi connectivity index (χ1v) is 22.5. The zero-order valence-corrected chi connectivity index (χ0v) is 40.7. The summed E-state index contributed by atoms with van der Waals surface area (Å²) >= 11 is 0. The number of ether oxygens (including phenoxy) is 3. The minimum atomic E-state index is -5.17. The zero-order chi connectivity index (χ0) is 49.2. The smallest absolute Gasteiger partial charge is 0.414 e. The highest BCUT2D eigenvalue weighted by Gasteiger charge is 2.40. The Kier molecular flexibility index (Phi) is 25.0. The third-order valence-electron chi connectivity index (χ3n) is 9.54. The number of esters is 1. The molecule has 2 aliphatic heterocycles. The van der Waals surface area contributed by atoms with E-state index in [1.165, 1.54) is 22.6 Å². The van der Waals surface area contributed by atoms with Crippen LogP contribution in [-0.2, 0) is 34.5 Å². The van der Waals surface area contributed by atoms with Gasteiger partial charge in [0.25, 0.3) is 0 Å². The molecule has 2 bridgehead atoms. The van der Waals surface area contributed by atoms with E-state index in [1.807, 2.05) is 66.7 Å². The first-order valence-electron chi connectivity index (χ1n) is 19.8. The summed E-state index contributed by atoms with van der Waals surface area (Å²) in [5.74, 6) is 0.287. The highest BCUT2D eigenvalue weighted by atomic mass is 32.3. The molecule has 2 unspecified atom stereocenters. The van der Waals surface area contributed by atoms with Crippen molar-refractivity contribution in [1.29, 1.82) is 0 Å². The van der Waals surface area contributed by atoms with Gasteiger partial charge in [0.05, 0.1) is 56.0 Å². The normalized spacial score (nSPS) is 17.1. The van der Waals surface area contributed by atoms with Crippen molar-refractivity contribution in [3.63, 3.8) is 0 Å². The number of benzene rings is 3. The largest absolute Gasteiger partial charge is 0.759 e. The predicted octanol–water partition coefficient (Wildman–Crippen LogP) is 3.09. The molecule has 65 heavy (non-hydrogen) atoms. The minimum Gasteiger partial charge on any atom is -0.759 e.